The van der Waals surface area contributed by atoms with Gasteiger partial charge in [0.25, 0.3) is 5.56 Å². The Kier molecular flexibility index (Phi) is 9.17. The molecule has 0 N–H and O–H groups in total. The third kappa shape index (κ3) is 5.80. The van der Waals surface area contributed by atoms with Gasteiger partial charge in [-0.15, -0.1) is 0 Å². The van der Waals surface area contributed by atoms with Crippen molar-refractivity contribution in [1.82, 2.24) is 4.57 Å². The van der Waals surface area contributed by atoms with Crippen LogP contribution in [-0.4, -0.2) is 27.2 Å². The molecule has 0 aliphatic carbocycles. The maximum absolute atomic E-state index is 15.4. The molecule has 0 saturated carbocycles. The first-order valence-electron chi connectivity index (χ1n) is 12.1. The van der Waals surface area contributed by atoms with Gasteiger partial charge in [-0.2, -0.15) is 27.1 Å². The Balaban J connectivity index is 0.00000461. The molecule has 0 amide bonds. The molecule has 1 heterocycles. The molecule has 5 aromatic rings. The minimum absolute atomic E-state index is 0. The highest BCUT2D eigenvalue weighted by molar-refractivity contribution is 7.87. The van der Waals surface area contributed by atoms with Gasteiger partial charge in [-0.1, -0.05) is 6.07 Å². The quantitative estimate of drug-likeness (QED) is 0.0648. The number of ether oxygens (including phenoxy) is 2. The summed E-state index contributed by atoms with van der Waals surface area (Å²) in [6.07, 6.45) is 0. The minimum Gasteiger partial charge on any atom is -0.495 e. The molecule has 0 radical (unpaired) electrons. The van der Waals surface area contributed by atoms with Crippen molar-refractivity contribution in [3.05, 3.63) is 112 Å². The van der Waals surface area contributed by atoms with Gasteiger partial charge in [-0.3, -0.25) is 9.36 Å². The maximum Gasteiger partial charge on any atom is 0.339 e. The zero-order valence-electron chi connectivity index (χ0n) is 22.9. The number of pyridine rings is 1. The first-order valence-corrected chi connectivity index (χ1v) is 13.5. The lowest BCUT2D eigenvalue weighted by Gasteiger charge is -2.17. The van der Waals surface area contributed by atoms with Gasteiger partial charge in [-0.25, -0.2) is 22.0 Å². The van der Waals surface area contributed by atoms with Crippen LogP contribution in [0.4, 0.5) is 30.7 Å². The van der Waals surface area contributed by atoms with Crippen LogP contribution in [-0.2, 0) is 10.1 Å². The Morgan fingerprint density at radius 3 is 1.91 bits per heavy atom. The lowest BCUT2D eigenvalue weighted by atomic mass is 10.0. The van der Waals surface area contributed by atoms with E-state index in [2.05, 4.69) is 4.18 Å². The van der Waals surface area contributed by atoms with E-state index in [0.717, 1.165) is 41.0 Å². The van der Waals surface area contributed by atoms with Crippen LogP contribution in [0, 0.1) is 40.7 Å². The predicted molar refractivity (Wildman–Crippen MR) is 153 cm³/mol. The van der Waals surface area contributed by atoms with Crippen LogP contribution in [0.5, 0.6) is 17.2 Å². The van der Waals surface area contributed by atoms with E-state index in [1.165, 1.54) is 38.5 Å². The topological polar surface area (TPSA) is 83.8 Å². The number of halogens is 7. The van der Waals surface area contributed by atoms with Crippen molar-refractivity contribution in [2.24, 2.45) is 0 Å². The molecule has 7 nitrogen and oxygen atoms in total. The van der Waals surface area contributed by atoms with Crippen molar-refractivity contribution in [1.29, 1.82) is 0 Å². The van der Waals surface area contributed by atoms with E-state index in [9.17, 15) is 39.6 Å². The minimum atomic E-state index is -5.19. The molecule has 0 fully saturated rings. The average Bonchev–Trinajstić information content (AvgIpc) is 3.01. The fourth-order valence-electron chi connectivity index (χ4n) is 4.37. The molecule has 0 spiro atoms. The summed E-state index contributed by atoms with van der Waals surface area (Å²) >= 11 is 0. The number of benzene rings is 4. The monoisotopic (exact) mass is 673 g/mol. The second-order valence-corrected chi connectivity index (χ2v) is 10.6. The van der Waals surface area contributed by atoms with E-state index in [-0.39, 0.29) is 49.1 Å². The van der Waals surface area contributed by atoms with Gasteiger partial charge in [-0.05, 0) is 48.0 Å². The number of nitrogens with zero attached hydrogens (tertiary/aromatic N) is 1. The molecule has 45 heavy (non-hydrogen) atoms. The van der Waals surface area contributed by atoms with Crippen molar-refractivity contribution in [3.63, 3.8) is 0 Å². The van der Waals surface area contributed by atoms with Gasteiger partial charge in [0.2, 0.25) is 34.8 Å². The summed E-state index contributed by atoms with van der Waals surface area (Å²) in [6, 6.07) is 10.8. The third-order valence-corrected chi connectivity index (χ3v) is 7.71. The Morgan fingerprint density at radius 1 is 0.667 bits per heavy atom. The number of rotatable bonds is 7. The maximum atomic E-state index is 15.4. The number of hydrogen-bond acceptors (Lipinski definition) is 6. The smallest absolute Gasteiger partial charge is 0.339 e. The largest absolute Gasteiger partial charge is 0.495 e. The van der Waals surface area contributed by atoms with Crippen molar-refractivity contribution < 1.29 is 52.8 Å². The van der Waals surface area contributed by atoms with Crippen LogP contribution >= 0.6 is 9.90 Å². The van der Waals surface area contributed by atoms with Gasteiger partial charge in [0.15, 0.2) is 11.6 Å². The van der Waals surface area contributed by atoms with Gasteiger partial charge < -0.3 is 13.7 Å². The molecular weight excluding hydrogens is 654 g/mol. The average molecular weight is 673 g/mol. The third-order valence-electron chi connectivity index (χ3n) is 6.49. The molecule has 0 saturated heterocycles. The van der Waals surface area contributed by atoms with E-state index in [1.807, 2.05) is 0 Å². The van der Waals surface area contributed by atoms with E-state index < -0.39 is 67.0 Å². The lowest BCUT2D eigenvalue weighted by molar-refractivity contribution is 0.346. The summed E-state index contributed by atoms with van der Waals surface area (Å²) in [5.74, 6) is -16.1. The Morgan fingerprint density at radius 2 is 1.29 bits per heavy atom. The zero-order chi connectivity index (χ0) is 32.1. The normalized spacial score (nSPS) is 11.3. The molecule has 1 aromatic heterocycles. The Labute approximate surface area is 253 Å². The van der Waals surface area contributed by atoms with Crippen LogP contribution in [0.1, 0.15) is 0 Å². The van der Waals surface area contributed by atoms with E-state index >= 15 is 4.39 Å². The highest BCUT2D eigenvalue weighted by atomic mass is 32.2. The van der Waals surface area contributed by atoms with Crippen molar-refractivity contribution >= 4 is 30.9 Å². The summed E-state index contributed by atoms with van der Waals surface area (Å²) in [6.45, 7) is 0. The van der Waals surface area contributed by atoms with Crippen LogP contribution < -0.4 is 19.2 Å². The SMILES string of the molecule is COc1cc(-c2cc(OC)c(-n3c(=O)ccc4cc(S(=O)(=O)Oc5c(F)c(F)c(F)c(F)c5F)ccc43)cc2F)ccc1F.P. The van der Waals surface area contributed by atoms with Crippen LogP contribution in [0.2, 0.25) is 0 Å². The van der Waals surface area contributed by atoms with Gasteiger partial charge in [0.05, 0.1) is 25.4 Å². The Hall–Kier alpha value is -4.62. The second-order valence-electron chi connectivity index (χ2n) is 9.02. The van der Waals surface area contributed by atoms with Crippen molar-refractivity contribution in [2.45, 2.75) is 4.90 Å². The van der Waals surface area contributed by atoms with Crippen LogP contribution in [0.25, 0.3) is 27.7 Å². The van der Waals surface area contributed by atoms with Crippen molar-refractivity contribution in [3.8, 4) is 34.1 Å². The zero-order valence-corrected chi connectivity index (χ0v) is 25.2. The Bertz CT molecular complexity index is 2130. The molecule has 0 aliphatic rings. The van der Waals surface area contributed by atoms with Crippen LogP contribution in [0.3, 0.4) is 0 Å². The molecule has 5 rings (SSSR count). The summed E-state index contributed by atoms with van der Waals surface area (Å²) in [7, 11) is -2.72. The van der Waals surface area contributed by atoms with E-state index in [4.69, 9.17) is 9.47 Å². The number of hydrogen-bond donors (Lipinski definition) is 0. The fourth-order valence-corrected chi connectivity index (χ4v) is 5.34. The van der Waals surface area contributed by atoms with Crippen LogP contribution in [0.15, 0.2) is 70.4 Å². The summed E-state index contributed by atoms with van der Waals surface area (Å²) in [5.41, 5.74) is -0.636. The summed E-state index contributed by atoms with van der Waals surface area (Å²) in [5, 5.41) is 0.00138. The second kappa shape index (κ2) is 12.4. The highest BCUT2D eigenvalue weighted by Gasteiger charge is 2.31. The number of aromatic nitrogens is 1. The molecule has 1 unspecified atom stereocenters. The highest BCUT2D eigenvalue weighted by Crippen LogP contribution is 2.36. The molecule has 1 atom stereocenters. The molecule has 0 aliphatic heterocycles. The number of methoxy groups -OCH3 is 2. The molecular formula is C29H19F7NO6PS. The van der Waals surface area contributed by atoms with E-state index in [0.29, 0.717) is 0 Å². The van der Waals surface area contributed by atoms with Crippen molar-refractivity contribution in [2.75, 3.05) is 14.2 Å². The first-order chi connectivity index (χ1) is 20.8. The number of fused-ring (bicyclic) bond motifs is 1. The fraction of sp³-hybridized carbons (Fsp3) is 0.0690. The first kappa shape index (κ1) is 33.3. The molecule has 4 aromatic carbocycles. The summed E-state index contributed by atoms with van der Waals surface area (Å²) < 4.78 is 139. The molecule has 0 bridgehead atoms. The lowest BCUT2D eigenvalue weighted by Crippen LogP contribution is -2.19. The molecule has 16 heteroatoms. The van der Waals surface area contributed by atoms with Gasteiger partial charge in [0.1, 0.15) is 16.5 Å². The van der Waals surface area contributed by atoms with Gasteiger partial charge in [0, 0.05) is 23.1 Å². The van der Waals surface area contributed by atoms with E-state index in [1.54, 1.807) is 0 Å². The summed E-state index contributed by atoms with van der Waals surface area (Å²) in [4.78, 5) is 12.2. The standard InChI is InChI=1S/C29H16F7NO6S.H3P/c1-41-21-10-13(3-6-17(21)30)16-11-22(42-2)20(12-18(16)31)37-19-7-5-15(9-14(19)4-8-23(37)38)44(39,40)43-29-27(35)25(33)24(32)26(34)28(29)36;/h3-12H,1-2H3;1H3. The van der Waals surface area contributed by atoms with Gasteiger partial charge >= 0.3 is 10.1 Å². The molecule has 236 valence electrons. The predicted octanol–water partition coefficient (Wildman–Crippen LogP) is 6.47.